The summed E-state index contributed by atoms with van der Waals surface area (Å²) in [5, 5.41) is 2.38. The number of allylic oxidation sites excluding steroid dienone is 4. The Morgan fingerprint density at radius 1 is 0.567 bits per heavy atom. The fourth-order valence-electron chi connectivity index (χ4n) is 6.10. The molecule has 0 aromatic carbocycles. The molecule has 0 aliphatic heterocycles. The summed E-state index contributed by atoms with van der Waals surface area (Å²) in [5.41, 5.74) is 0. The van der Waals surface area contributed by atoms with Crippen LogP contribution in [0.5, 0.6) is 0 Å². The van der Waals surface area contributed by atoms with Gasteiger partial charge in [-0.2, -0.15) is 0 Å². The van der Waals surface area contributed by atoms with Crippen LogP contribution in [-0.4, -0.2) is 75.7 Å². The first-order valence-electron chi connectivity index (χ1n) is 22.9. The Labute approximate surface area is 366 Å². The van der Waals surface area contributed by atoms with Crippen LogP contribution < -0.4 is 11.5 Å². The van der Waals surface area contributed by atoms with Crippen molar-refractivity contribution >= 4 is 25.9 Å². The fourth-order valence-corrected chi connectivity index (χ4v) is 6.85. The summed E-state index contributed by atoms with van der Waals surface area (Å²) in [6.45, 7) is 3.51. The van der Waals surface area contributed by atoms with Gasteiger partial charge in [0.15, 0.2) is 6.10 Å². The van der Waals surface area contributed by atoms with Crippen LogP contribution in [0.1, 0.15) is 201 Å². The van der Waals surface area contributed by atoms with Crippen molar-refractivity contribution in [2.45, 2.75) is 207 Å². The number of rotatable bonds is 43. The molecule has 1 unspecified atom stereocenters. The molecule has 13 nitrogen and oxygen atoms in total. The average molecular weight is 879 g/mol. The highest BCUT2D eigenvalue weighted by Gasteiger charge is 2.26. The predicted molar refractivity (Wildman–Crippen MR) is 244 cm³/mol. The molecular formula is C46H91N2O11P. The Morgan fingerprint density at radius 3 is 1.47 bits per heavy atom. The van der Waals surface area contributed by atoms with Gasteiger partial charge in [0.2, 0.25) is 0 Å². The molecule has 0 aromatic rings. The highest BCUT2D eigenvalue weighted by molar-refractivity contribution is 7.47. The number of hydrogen-bond donors (Lipinski definition) is 3. The van der Waals surface area contributed by atoms with Crippen molar-refractivity contribution in [2.24, 2.45) is 0 Å². The van der Waals surface area contributed by atoms with Crippen LogP contribution in [-0.2, 0) is 42.1 Å². The van der Waals surface area contributed by atoms with Crippen LogP contribution >= 0.6 is 7.82 Å². The fraction of sp³-hybridized carbons (Fsp3) is 0.848. The maximum absolute atomic E-state index is 12.7. The Hall–Kier alpha value is -2.28. The predicted octanol–water partition coefficient (Wildman–Crippen LogP) is 12.8. The first kappa shape index (κ1) is 62.0. The summed E-state index contributed by atoms with van der Waals surface area (Å²) in [7, 11) is -3.10. The van der Waals surface area contributed by atoms with Crippen molar-refractivity contribution in [3.8, 4) is 0 Å². The van der Waals surface area contributed by atoms with Crippen LogP contribution in [0.15, 0.2) is 24.3 Å². The van der Waals surface area contributed by atoms with Crippen LogP contribution in [0.3, 0.4) is 0 Å². The van der Waals surface area contributed by atoms with E-state index in [1.807, 2.05) is 0 Å². The standard InChI is InChI=1S/C45H84NO11P.CH4.H3N/c1-4-6-8-10-12-14-16-18-20-22-24-26-28-30-32-34-43(47)54-40-42(41-56-58(50,51)55-37-36-46-45(49)53-39-38-52-3)57-44(48)35-33-31-29-27-25-23-21-19-17-15-13-11-9-7-5-2;;/h18-21,42H,4-17,22-41H2,1-3H3,(H,46,49)(H,50,51);1H4;1H3/b20-18-,21-19-;;/t42-;;/m1../s1. The molecule has 2 atom stereocenters. The third kappa shape index (κ3) is 46.8. The smallest absolute Gasteiger partial charge is 0.462 e. The van der Waals surface area contributed by atoms with E-state index >= 15 is 0 Å². The van der Waals surface area contributed by atoms with Crippen molar-refractivity contribution in [1.82, 2.24) is 11.5 Å². The van der Waals surface area contributed by atoms with E-state index in [1.54, 1.807) is 0 Å². The maximum Gasteiger partial charge on any atom is 0.472 e. The molecule has 5 N–H and O–H groups in total. The quantitative estimate of drug-likeness (QED) is 0.0173. The Morgan fingerprint density at radius 2 is 1.00 bits per heavy atom. The number of phosphoric acid groups is 1. The largest absolute Gasteiger partial charge is 0.472 e. The molecule has 0 aromatic heterocycles. The first-order chi connectivity index (χ1) is 28.2. The van der Waals surface area contributed by atoms with Gasteiger partial charge in [-0.25, -0.2) is 9.36 Å². The van der Waals surface area contributed by atoms with Crippen molar-refractivity contribution in [2.75, 3.05) is 46.7 Å². The van der Waals surface area contributed by atoms with Crippen molar-refractivity contribution in [3.63, 3.8) is 0 Å². The summed E-state index contributed by atoms with van der Waals surface area (Å²) in [6.07, 6.45) is 37.7. The minimum atomic E-state index is -4.58. The van der Waals surface area contributed by atoms with E-state index in [0.29, 0.717) is 12.8 Å². The summed E-state index contributed by atoms with van der Waals surface area (Å²) in [4.78, 5) is 47.0. The number of alkyl carbamates (subject to hydrolysis) is 1. The van der Waals surface area contributed by atoms with Gasteiger partial charge in [0.25, 0.3) is 0 Å². The lowest BCUT2D eigenvalue weighted by molar-refractivity contribution is -0.161. The van der Waals surface area contributed by atoms with E-state index in [-0.39, 0.29) is 59.4 Å². The summed E-state index contributed by atoms with van der Waals surface area (Å²) in [5.74, 6) is -0.924. The lowest BCUT2D eigenvalue weighted by Gasteiger charge is -2.20. The van der Waals surface area contributed by atoms with Crippen molar-refractivity contribution < 1.29 is 51.8 Å². The topological polar surface area (TPSA) is 191 Å². The first-order valence-corrected chi connectivity index (χ1v) is 24.4. The highest BCUT2D eigenvalue weighted by atomic mass is 31.2. The maximum atomic E-state index is 12.7. The molecule has 0 bridgehead atoms. The summed E-state index contributed by atoms with van der Waals surface area (Å²) >= 11 is 0. The van der Waals surface area contributed by atoms with E-state index in [9.17, 15) is 23.8 Å². The van der Waals surface area contributed by atoms with Crippen LogP contribution in [0.4, 0.5) is 4.79 Å². The second kappa shape index (κ2) is 47.8. The zero-order chi connectivity index (χ0) is 42.6. The Bertz CT molecular complexity index is 1080. The number of carbonyl (C=O) groups excluding carboxylic acids is 3. The van der Waals surface area contributed by atoms with Gasteiger partial charge in [-0.1, -0.05) is 148 Å². The van der Waals surface area contributed by atoms with E-state index in [4.69, 9.17) is 28.0 Å². The number of methoxy groups -OCH3 is 1. The van der Waals surface area contributed by atoms with E-state index < -0.39 is 38.6 Å². The van der Waals surface area contributed by atoms with Gasteiger partial charge < -0.3 is 35.3 Å². The van der Waals surface area contributed by atoms with Crippen LogP contribution in [0.2, 0.25) is 0 Å². The summed E-state index contributed by atoms with van der Waals surface area (Å²) in [6, 6.07) is 0. The van der Waals surface area contributed by atoms with Gasteiger partial charge in [-0.15, -0.1) is 0 Å². The van der Waals surface area contributed by atoms with Gasteiger partial charge >= 0.3 is 25.9 Å². The molecule has 0 rings (SSSR count). The minimum Gasteiger partial charge on any atom is -0.462 e. The van der Waals surface area contributed by atoms with Gasteiger partial charge in [0.1, 0.15) is 13.2 Å². The molecule has 0 aliphatic carbocycles. The Balaban J connectivity index is -0.0000162. The summed E-state index contributed by atoms with van der Waals surface area (Å²) < 4.78 is 43.1. The van der Waals surface area contributed by atoms with Gasteiger partial charge in [-0.3, -0.25) is 18.6 Å². The third-order valence-electron chi connectivity index (χ3n) is 9.58. The van der Waals surface area contributed by atoms with Crippen molar-refractivity contribution in [3.05, 3.63) is 24.3 Å². The lowest BCUT2D eigenvalue weighted by Crippen LogP contribution is -2.30. The zero-order valence-electron chi connectivity index (χ0n) is 37.6. The molecular weight excluding hydrogens is 787 g/mol. The second-order valence-corrected chi connectivity index (χ2v) is 16.6. The number of carbonyl (C=O) groups is 3. The normalized spacial score (nSPS) is 12.7. The molecule has 0 radical (unpaired) electrons. The molecule has 0 saturated carbocycles. The monoisotopic (exact) mass is 879 g/mol. The van der Waals surface area contributed by atoms with E-state index in [2.05, 4.69) is 43.5 Å². The van der Waals surface area contributed by atoms with E-state index in [1.165, 1.54) is 90.6 Å². The number of nitrogens with one attached hydrogen (secondary N) is 1. The molecule has 0 saturated heterocycles. The van der Waals surface area contributed by atoms with E-state index in [0.717, 1.165) is 70.6 Å². The van der Waals surface area contributed by atoms with Crippen LogP contribution in [0, 0.1) is 0 Å². The molecule has 0 fully saturated rings. The molecule has 356 valence electrons. The molecule has 0 heterocycles. The number of phosphoric ester groups is 1. The van der Waals surface area contributed by atoms with Gasteiger partial charge in [0.05, 0.1) is 19.8 Å². The number of amides is 1. The number of unbranched alkanes of at least 4 members (excludes halogenated alkanes) is 22. The molecule has 0 aliphatic rings. The molecule has 1 amide bonds. The number of hydrogen-bond acceptors (Lipinski definition) is 11. The zero-order valence-corrected chi connectivity index (χ0v) is 38.5. The second-order valence-electron chi connectivity index (χ2n) is 15.1. The van der Waals surface area contributed by atoms with Crippen LogP contribution in [0.25, 0.3) is 0 Å². The minimum absolute atomic E-state index is 0. The van der Waals surface area contributed by atoms with Gasteiger partial charge in [-0.05, 0) is 64.2 Å². The average Bonchev–Trinajstić information content (AvgIpc) is 3.20. The third-order valence-corrected chi connectivity index (χ3v) is 10.6. The highest BCUT2D eigenvalue weighted by Crippen LogP contribution is 2.43. The SMILES string of the molecule is C.CCCCCCCC/C=C\CCCCCCCC(=O)OC[C@H](COP(=O)(O)OCCNC(=O)OCCOC)OC(=O)CCCCCCC/C=C\CCCCCCCC.N. The Kier molecular flexibility index (Phi) is 49.4. The molecule has 0 spiro atoms. The molecule has 14 heteroatoms. The number of esters is 2. The van der Waals surface area contributed by atoms with Crippen molar-refractivity contribution in [1.29, 1.82) is 0 Å². The van der Waals surface area contributed by atoms with Gasteiger partial charge in [0, 0.05) is 26.5 Å². The lowest BCUT2D eigenvalue weighted by atomic mass is 10.1. The number of ether oxygens (including phenoxy) is 4. The molecule has 60 heavy (non-hydrogen) atoms.